The van der Waals surface area contributed by atoms with Gasteiger partial charge in [-0.15, -0.1) is 0 Å². The van der Waals surface area contributed by atoms with E-state index in [1.807, 2.05) is 0 Å². The highest BCUT2D eigenvalue weighted by Crippen LogP contribution is 2.42. The lowest BCUT2D eigenvalue weighted by Gasteiger charge is -2.24. The SMILES string of the molecule is CC1(C)OC2C(CO)OC(n3cc(CN4CCCC4)c(=O)[nH]c3=O)C2O1. The Balaban J connectivity index is 1.66. The third-order valence-electron chi connectivity index (χ3n) is 5.21. The Labute approximate surface area is 150 Å². The minimum Gasteiger partial charge on any atom is -0.394 e. The summed E-state index contributed by atoms with van der Waals surface area (Å²) in [5.74, 6) is -0.824. The van der Waals surface area contributed by atoms with E-state index in [4.69, 9.17) is 14.2 Å². The van der Waals surface area contributed by atoms with E-state index in [1.54, 1.807) is 20.0 Å². The number of nitrogens with one attached hydrogen (secondary N) is 1. The molecule has 0 bridgehead atoms. The Bertz CT molecular complexity index is 781. The van der Waals surface area contributed by atoms with Crippen LogP contribution in [0.4, 0.5) is 0 Å². The lowest BCUT2D eigenvalue weighted by molar-refractivity contribution is -0.200. The second kappa shape index (κ2) is 6.58. The molecule has 0 radical (unpaired) electrons. The van der Waals surface area contributed by atoms with Gasteiger partial charge in [-0.05, 0) is 39.8 Å². The predicted molar refractivity (Wildman–Crippen MR) is 90.7 cm³/mol. The minimum atomic E-state index is -0.824. The zero-order chi connectivity index (χ0) is 18.5. The van der Waals surface area contributed by atoms with Crippen LogP contribution in [-0.2, 0) is 20.8 Å². The zero-order valence-electron chi connectivity index (χ0n) is 15.0. The van der Waals surface area contributed by atoms with Crippen LogP contribution in [0.1, 0.15) is 38.5 Å². The Kier molecular flexibility index (Phi) is 4.52. The van der Waals surface area contributed by atoms with Gasteiger partial charge >= 0.3 is 5.69 Å². The average Bonchev–Trinajstić information content (AvgIpc) is 3.25. The van der Waals surface area contributed by atoms with Crippen LogP contribution in [-0.4, -0.2) is 63.4 Å². The summed E-state index contributed by atoms with van der Waals surface area (Å²) in [5, 5.41) is 9.59. The van der Waals surface area contributed by atoms with E-state index in [9.17, 15) is 14.7 Å². The number of fused-ring (bicyclic) bond motifs is 1. The number of rotatable bonds is 4. The number of aromatic amines is 1. The highest BCUT2D eigenvalue weighted by molar-refractivity contribution is 5.07. The highest BCUT2D eigenvalue weighted by atomic mass is 16.8. The molecule has 9 nitrogen and oxygen atoms in total. The Morgan fingerprint density at radius 2 is 1.92 bits per heavy atom. The molecular weight excluding hydrogens is 342 g/mol. The van der Waals surface area contributed by atoms with Gasteiger partial charge in [-0.25, -0.2) is 4.79 Å². The molecule has 0 aliphatic carbocycles. The standard InChI is InChI=1S/C17H25N3O6/c1-17(2)25-12-11(9-21)24-15(13(12)26-17)20-8-10(14(22)18-16(20)23)7-19-5-3-4-6-19/h8,11-13,15,21H,3-7,9H2,1-2H3,(H,18,22,23). The molecule has 144 valence electrons. The van der Waals surface area contributed by atoms with Gasteiger partial charge in [-0.2, -0.15) is 0 Å². The van der Waals surface area contributed by atoms with E-state index in [2.05, 4.69) is 9.88 Å². The van der Waals surface area contributed by atoms with Crippen molar-refractivity contribution in [3.05, 3.63) is 32.6 Å². The molecule has 4 unspecified atom stereocenters. The van der Waals surface area contributed by atoms with Crippen molar-refractivity contribution in [3.8, 4) is 0 Å². The quantitative estimate of drug-likeness (QED) is 0.742. The molecule has 1 aromatic rings. The van der Waals surface area contributed by atoms with E-state index in [-0.39, 0.29) is 12.2 Å². The molecule has 4 rings (SSSR count). The maximum absolute atomic E-state index is 12.4. The molecular formula is C17H25N3O6. The number of aliphatic hydroxyl groups excluding tert-OH is 1. The van der Waals surface area contributed by atoms with Crippen LogP contribution in [0.3, 0.4) is 0 Å². The first-order valence-corrected chi connectivity index (χ1v) is 9.06. The van der Waals surface area contributed by atoms with Crippen molar-refractivity contribution >= 4 is 0 Å². The van der Waals surface area contributed by atoms with Crippen molar-refractivity contribution in [3.63, 3.8) is 0 Å². The van der Waals surface area contributed by atoms with Crippen LogP contribution in [0.25, 0.3) is 0 Å². The number of H-pyrrole nitrogens is 1. The van der Waals surface area contributed by atoms with Crippen molar-refractivity contribution in [1.29, 1.82) is 0 Å². The predicted octanol–water partition coefficient (Wildman–Crippen LogP) is -0.458. The van der Waals surface area contributed by atoms with Gasteiger partial charge in [0, 0.05) is 18.3 Å². The van der Waals surface area contributed by atoms with Gasteiger partial charge in [-0.3, -0.25) is 19.2 Å². The van der Waals surface area contributed by atoms with E-state index >= 15 is 0 Å². The Hall–Kier alpha value is -1.52. The summed E-state index contributed by atoms with van der Waals surface area (Å²) in [5.41, 5.74) is -0.427. The van der Waals surface area contributed by atoms with Crippen LogP contribution in [0.5, 0.6) is 0 Å². The normalized spacial score (nSPS) is 33.7. The first-order chi connectivity index (χ1) is 12.4. The molecule has 1 aromatic heterocycles. The van der Waals surface area contributed by atoms with Crippen molar-refractivity contribution < 1.29 is 19.3 Å². The van der Waals surface area contributed by atoms with Crippen molar-refractivity contribution in [2.75, 3.05) is 19.7 Å². The maximum atomic E-state index is 12.4. The first-order valence-electron chi connectivity index (χ1n) is 9.06. The molecule has 0 aromatic carbocycles. The fourth-order valence-corrected chi connectivity index (χ4v) is 4.04. The number of aliphatic hydroxyl groups is 1. The number of nitrogens with zero attached hydrogens (tertiary/aromatic N) is 2. The van der Waals surface area contributed by atoms with Crippen LogP contribution in [0, 0.1) is 0 Å². The van der Waals surface area contributed by atoms with E-state index < -0.39 is 36.0 Å². The summed E-state index contributed by atoms with van der Waals surface area (Å²) < 4.78 is 18.9. The van der Waals surface area contributed by atoms with Crippen LogP contribution >= 0.6 is 0 Å². The van der Waals surface area contributed by atoms with E-state index in [0.29, 0.717) is 12.1 Å². The summed E-state index contributed by atoms with van der Waals surface area (Å²) in [6.07, 6.45) is 1.42. The number of hydrogen-bond acceptors (Lipinski definition) is 7. The molecule has 3 fully saturated rings. The lowest BCUT2D eigenvalue weighted by Crippen LogP contribution is -2.39. The molecule has 0 amide bonds. The van der Waals surface area contributed by atoms with Gasteiger partial charge in [0.25, 0.3) is 5.56 Å². The largest absolute Gasteiger partial charge is 0.394 e. The fourth-order valence-electron chi connectivity index (χ4n) is 4.04. The van der Waals surface area contributed by atoms with Crippen LogP contribution < -0.4 is 11.2 Å². The maximum Gasteiger partial charge on any atom is 0.330 e. The molecule has 4 heterocycles. The summed E-state index contributed by atoms with van der Waals surface area (Å²) in [7, 11) is 0. The third-order valence-corrected chi connectivity index (χ3v) is 5.21. The summed E-state index contributed by atoms with van der Waals surface area (Å²) in [6.45, 7) is 5.71. The molecule has 26 heavy (non-hydrogen) atoms. The number of aromatic nitrogens is 2. The summed E-state index contributed by atoms with van der Waals surface area (Å²) >= 11 is 0. The molecule has 2 N–H and O–H groups in total. The second-order valence-corrected chi connectivity index (χ2v) is 7.62. The summed E-state index contributed by atoms with van der Waals surface area (Å²) in [6, 6.07) is 0. The van der Waals surface area contributed by atoms with Crippen LogP contribution in [0.2, 0.25) is 0 Å². The molecule has 0 saturated carbocycles. The highest BCUT2D eigenvalue weighted by Gasteiger charge is 2.55. The van der Waals surface area contributed by atoms with E-state index in [1.165, 1.54) is 4.57 Å². The van der Waals surface area contributed by atoms with Gasteiger partial charge in [0.1, 0.15) is 18.3 Å². The van der Waals surface area contributed by atoms with Gasteiger partial charge in [0.15, 0.2) is 12.0 Å². The molecule has 3 saturated heterocycles. The van der Waals surface area contributed by atoms with Gasteiger partial charge < -0.3 is 19.3 Å². The van der Waals surface area contributed by atoms with E-state index in [0.717, 1.165) is 25.9 Å². The van der Waals surface area contributed by atoms with Gasteiger partial charge in [0.2, 0.25) is 0 Å². The van der Waals surface area contributed by atoms with Gasteiger partial charge in [0.05, 0.1) is 6.61 Å². The second-order valence-electron chi connectivity index (χ2n) is 7.62. The molecule has 9 heteroatoms. The fraction of sp³-hybridized carbons (Fsp3) is 0.765. The Morgan fingerprint density at radius 1 is 1.23 bits per heavy atom. The first kappa shape index (κ1) is 17.9. The average molecular weight is 367 g/mol. The minimum absolute atomic E-state index is 0.240. The molecule has 3 aliphatic rings. The van der Waals surface area contributed by atoms with Gasteiger partial charge in [-0.1, -0.05) is 0 Å². The van der Waals surface area contributed by atoms with Crippen molar-refractivity contribution in [2.45, 2.75) is 63.6 Å². The lowest BCUT2D eigenvalue weighted by atomic mass is 10.1. The number of ether oxygens (including phenoxy) is 3. The molecule has 3 aliphatic heterocycles. The molecule has 0 spiro atoms. The smallest absolute Gasteiger partial charge is 0.330 e. The Morgan fingerprint density at radius 3 is 2.62 bits per heavy atom. The third kappa shape index (κ3) is 3.14. The zero-order valence-corrected chi connectivity index (χ0v) is 15.0. The number of hydrogen-bond donors (Lipinski definition) is 2. The topological polar surface area (TPSA) is 106 Å². The summed E-state index contributed by atoms with van der Waals surface area (Å²) in [4.78, 5) is 29.2. The van der Waals surface area contributed by atoms with Crippen LogP contribution in [0.15, 0.2) is 15.8 Å². The molecule has 4 atom stereocenters. The monoisotopic (exact) mass is 367 g/mol. The number of likely N-dealkylation sites (tertiary alicyclic amines) is 1. The van der Waals surface area contributed by atoms with Crippen molar-refractivity contribution in [1.82, 2.24) is 14.5 Å². The van der Waals surface area contributed by atoms with Crippen molar-refractivity contribution in [2.24, 2.45) is 0 Å².